The van der Waals surface area contributed by atoms with E-state index in [2.05, 4.69) is 10.3 Å². The molecule has 0 radical (unpaired) electrons. The van der Waals surface area contributed by atoms with Gasteiger partial charge in [-0.05, 0) is 44.0 Å². The second-order valence-electron chi connectivity index (χ2n) is 5.95. The van der Waals surface area contributed by atoms with Crippen molar-refractivity contribution in [1.29, 1.82) is 0 Å². The highest BCUT2D eigenvalue weighted by atomic mass is 35.5. The Morgan fingerprint density at radius 2 is 2.08 bits per heavy atom. The number of nitrogens with zero attached hydrogens (tertiary/aromatic N) is 1. The largest absolute Gasteiger partial charge is 0.480 e. The third-order valence-corrected chi connectivity index (χ3v) is 5.41. The number of hydrogen-bond donors (Lipinski definition) is 2. The van der Waals surface area contributed by atoms with Crippen LogP contribution in [0.25, 0.3) is 11.3 Å². The van der Waals surface area contributed by atoms with E-state index in [0.717, 1.165) is 5.56 Å². The summed E-state index contributed by atoms with van der Waals surface area (Å²) in [4.78, 5) is 27.5. The maximum absolute atomic E-state index is 12.1. The zero-order valence-corrected chi connectivity index (χ0v) is 15.1. The fourth-order valence-corrected chi connectivity index (χ4v) is 3.11. The van der Waals surface area contributed by atoms with Crippen molar-refractivity contribution >= 4 is 35.2 Å². The lowest BCUT2D eigenvalue weighted by atomic mass is 10.2. The molecule has 1 fully saturated rings. The number of amides is 1. The quantitative estimate of drug-likeness (QED) is 0.765. The SMILES string of the molecule is CC(SCc1ncc(-c2ccc(Cl)cc2)o1)C(=O)NC1(C(=O)O)CC1. The number of aliphatic carboxylic acids is 1. The molecular weight excluding hydrogens is 364 g/mol. The summed E-state index contributed by atoms with van der Waals surface area (Å²) in [7, 11) is 0. The van der Waals surface area contributed by atoms with Crippen LogP contribution in [0.15, 0.2) is 34.9 Å². The number of oxazole rings is 1. The van der Waals surface area contributed by atoms with Crippen LogP contribution in [-0.4, -0.2) is 32.8 Å². The molecule has 2 N–H and O–H groups in total. The van der Waals surface area contributed by atoms with Gasteiger partial charge in [-0.3, -0.25) is 4.79 Å². The molecule has 1 aromatic carbocycles. The fourth-order valence-electron chi connectivity index (χ4n) is 2.25. The van der Waals surface area contributed by atoms with Gasteiger partial charge in [0.05, 0.1) is 17.2 Å². The Balaban J connectivity index is 1.54. The van der Waals surface area contributed by atoms with Crippen LogP contribution in [0.1, 0.15) is 25.7 Å². The van der Waals surface area contributed by atoms with E-state index in [-0.39, 0.29) is 5.91 Å². The maximum Gasteiger partial charge on any atom is 0.329 e. The Bertz CT molecular complexity index is 786. The number of nitrogens with one attached hydrogen (secondary N) is 1. The Morgan fingerprint density at radius 3 is 2.68 bits per heavy atom. The number of carboxylic acid groups (broad SMARTS) is 1. The average molecular weight is 381 g/mol. The van der Waals surface area contributed by atoms with Gasteiger partial charge in [-0.1, -0.05) is 11.6 Å². The van der Waals surface area contributed by atoms with Crippen LogP contribution in [0.3, 0.4) is 0 Å². The smallest absolute Gasteiger partial charge is 0.329 e. The van der Waals surface area contributed by atoms with Gasteiger partial charge in [-0.15, -0.1) is 11.8 Å². The van der Waals surface area contributed by atoms with E-state index in [1.807, 2.05) is 12.1 Å². The Morgan fingerprint density at radius 1 is 1.40 bits per heavy atom. The van der Waals surface area contributed by atoms with Crippen molar-refractivity contribution in [1.82, 2.24) is 10.3 Å². The van der Waals surface area contributed by atoms with Crippen molar-refractivity contribution in [2.24, 2.45) is 0 Å². The first-order valence-corrected chi connectivity index (χ1v) is 9.20. The van der Waals surface area contributed by atoms with Gasteiger partial charge in [0.15, 0.2) is 5.76 Å². The van der Waals surface area contributed by atoms with Gasteiger partial charge in [-0.2, -0.15) is 0 Å². The van der Waals surface area contributed by atoms with E-state index in [1.54, 1.807) is 25.3 Å². The predicted octanol–water partition coefficient (Wildman–Crippen LogP) is 3.35. The summed E-state index contributed by atoms with van der Waals surface area (Å²) < 4.78 is 5.69. The number of hydrogen-bond acceptors (Lipinski definition) is 5. The predicted molar refractivity (Wildman–Crippen MR) is 95.4 cm³/mol. The second kappa shape index (κ2) is 7.09. The highest BCUT2D eigenvalue weighted by Crippen LogP contribution is 2.36. The second-order valence-corrected chi connectivity index (χ2v) is 7.72. The molecule has 1 aromatic heterocycles. The van der Waals surface area contributed by atoms with Gasteiger partial charge in [0.1, 0.15) is 5.54 Å². The summed E-state index contributed by atoms with van der Waals surface area (Å²) in [5, 5.41) is 12.0. The molecule has 2 aromatic rings. The summed E-state index contributed by atoms with van der Waals surface area (Å²) in [5.74, 6) is 0.302. The molecule has 0 bridgehead atoms. The molecule has 3 rings (SSSR count). The zero-order chi connectivity index (χ0) is 18.0. The molecule has 1 atom stereocenters. The molecule has 0 aliphatic heterocycles. The Hall–Kier alpha value is -1.99. The molecule has 1 unspecified atom stereocenters. The first kappa shape index (κ1) is 17.8. The van der Waals surface area contributed by atoms with Crippen LogP contribution in [0.4, 0.5) is 0 Å². The number of halogens is 1. The van der Waals surface area contributed by atoms with Gasteiger partial charge >= 0.3 is 5.97 Å². The normalized spacial score (nSPS) is 16.2. The number of carbonyl (C=O) groups excluding carboxylic acids is 1. The van der Waals surface area contributed by atoms with E-state index in [9.17, 15) is 9.59 Å². The van der Waals surface area contributed by atoms with Crippen molar-refractivity contribution in [3.8, 4) is 11.3 Å². The standard InChI is InChI=1S/C17H17ClN2O4S/c1-10(15(21)20-17(6-7-17)16(22)23)25-9-14-19-8-13(24-14)11-2-4-12(18)5-3-11/h2-5,8,10H,6-7,9H2,1H3,(H,20,21)(H,22,23). The number of carbonyl (C=O) groups is 2. The summed E-state index contributed by atoms with van der Waals surface area (Å²) in [5.41, 5.74) is -0.188. The van der Waals surface area contributed by atoms with Crippen LogP contribution in [0.2, 0.25) is 5.02 Å². The van der Waals surface area contributed by atoms with Crippen LogP contribution < -0.4 is 5.32 Å². The summed E-state index contributed by atoms with van der Waals surface area (Å²) in [6.45, 7) is 1.74. The first-order valence-electron chi connectivity index (χ1n) is 7.77. The van der Waals surface area contributed by atoms with Gasteiger partial charge < -0.3 is 14.8 Å². The fraction of sp³-hybridized carbons (Fsp3) is 0.353. The number of carboxylic acids is 1. The molecule has 6 nitrogen and oxygen atoms in total. The third kappa shape index (κ3) is 4.16. The molecule has 0 saturated heterocycles. The van der Waals surface area contributed by atoms with Crippen molar-refractivity contribution in [2.45, 2.75) is 36.3 Å². The van der Waals surface area contributed by atoms with Crippen LogP contribution in [0.5, 0.6) is 0 Å². The van der Waals surface area contributed by atoms with Crippen LogP contribution in [-0.2, 0) is 15.3 Å². The minimum absolute atomic E-state index is 0.283. The van der Waals surface area contributed by atoms with Crippen LogP contribution in [0, 0.1) is 0 Å². The molecule has 1 aliphatic rings. The number of thioether (sulfide) groups is 1. The topological polar surface area (TPSA) is 92.4 Å². The molecule has 0 spiro atoms. The van der Waals surface area contributed by atoms with Gasteiger partial charge in [0, 0.05) is 10.6 Å². The zero-order valence-electron chi connectivity index (χ0n) is 13.5. The first-order chi connectivity index (χ1) is 11.9. The number of aromatic nitrogens is 1. The van der Waals surface area contributed by atoms with Gasteiger partial charge in [-0.25, -0.2) is 9.78 Å². The summed E-state index contributed by atoms with van der Waals surface area (Å²) >= 11 is 7.21. The number of rotatable bonds is 7. The highest BCUT2D eigenvalue weighted by molar-refractivity contribution is 7.99. The average Bonchev–Trinajstić information content (AvgIpc) is 3.22. The highest BCUT2D eigenvalue weighted by Gasteiger charge is 2.52. The molecule has 1 heterocycles. The van der Waals surface area contributed by atoms with E-state index >= 15 is 0 Å². The van der Waals surface area contributed by atoms with E-state index in [4.69, 9.17) is 21.1 Å². The molecule has 1 saturated carbocycles. The summed E-state index contributed by atoms with van der Waals surface area (Å²) in [6, 6.07) is 7.24. The van der Waals surface area contributed by atoms with Crippen molar-refractivity contribution < 1.29 is 19.1 Å². The monoisotopic (exact) mass is 380 g/mol. The van der Waals surface area contributed by atoms with Crippen molar-refractivity contribution in [3.63, 3.8) is 0 Å². The van der Waals surface area contributed by atoms with Gasteiger partial charge in [0.2, 0.25) is 11.8 Å². The number of benzene rings is 1. The Kier molecular flexibility index (Phi) is 5.06. The third-order valence-electron chi connectivity index (χ3n) is 4.03. The summed E-state index contributed by atoms with van der Waals surface area (Å²) in [6.07, 6.45) is 2.60. The van der Waals surface area contributed by atoms with Crippen molar-refractivity contribution in [3.05, 3.63) is 41.4 Å². The molecule has 132 valence electrons. The molecule has 1 amide bonds. The molecular formula is C17H17ClN2O4S. The lowest BCUT2D eigenvalue weighted by Crippen LogP contribution is -2.46. The van der Waals surface area contributed by atoms with Crippen molar-refractivity contribution in [2.75, 3.05) is 0 Å². The lowest BCUT2D eigenvalue weighted by molar-refractivity contribution is -0.143. The minimum Gasteiger partial charge on any atom is -0.480 e. The van der Waals surface area contributed by atoms with Crippen LogP contribution >= 0.6 is 23.4 Å². The van der Waals surface area contributed by atoms with E-state index < -0.39 is 16.8 Å². The molecule has 8 heteroatoms. The molecule has 25 heavy (non-hydrogen) atoms. The minimum atomic E-state index is -1.06. The Labute approximate surface area is 154 Å². The van der Waals surface area contributed by atoms with E-state index in [1.165, 1.54) is 11.8 Å². The molecule has 1 aliphatic carbocycles. The van der Waals surface area contributed by atoms with Gasteiger partial charge in [0.25, 0.3) is 0 Å². The maximum atomic E-state index is 12.1. The van der Waals surface area contributed by atoms with E-state index in [0.29, 0.717) is 35.3 Å². The lowest BCUT2D eigenvalue weighted by Gasteiger charge is -2.16.